The standard InChI is InChI=1S/C16H23F2NO/c1-3-19-16(7-11-5-15(6-11)20-4-2)12-8-13(17)10-14(18)9-12/h8-11,15-16,19H,3-7H2,1-2H3. The number of rotatable bonds is 7. The van der Waals surface area contributed by atoms with E-state index in [1.807, 2.05) is 13.8 Å². The van der Waals surface area contributed by atoms with E-state index in [0.717, 1.165) is 38.5 Å². The van der Waals surface area contributed by atoms with E-state index in [0.29, 0.717) is 17.6 Å². The summed E-state index contributed by atoms with van der Waals surface area (Å²) in [6.45, 7) is 5.55. The van der Waals surface area contributed by atoms with Gasteiger partial charge in [-0.3, -0.25) is 0 Å². The van der Waals surface area contributed by atoms with Crippen molar-refractivity contribution in [3.8, 4) is 0 Å². The average molecular weight is 283 g/mol. The molecule has 1 fully saturated rings. The van der Waals surface area contributed by atoms with E-state index in [-0.39, 0.29) is 6.04 Å². The van der Waals surface area contributed by atoms with Gasteiger partial charge < -0.3 is 10.1 Å². The maximum absolute atomic E-state index is 13.3. The topological polar surface area (TPSA) is 21.3 Å². The Kier molecular flexibility index (Phi) is 5.49. The molecule has 1 aromatic carbocycles. The van der Waals surface area contributed by atoms with Gasteiger partial charge in [0.1, 0.15) is 11.6 Å². The molecule has 1 unspecified atom stereocenters. The number of ether oxygens (including phenoxy) is 1. The van der Waals surface area contributed by atoms with Crippen molar-refractivity contribution in [3.05, 3.63) is 35.4 Å². The summed E-state index contributed by atoms with van der Waals surface area (Å²) in [6.07, 6.45) is 3.37. The van der Waals surface area contributed by atoms with Crippen LogP contribution in [0.2, 0.25) is 0 Å². The van der Waals surface area contributed by atoms with Crippen molar-refractivity contribution < 1.29 is 13.5 Å². The lowest BCUT2D eigenvalue weighted by Crippen LogP contribution is -2.34. The van der Waals surface area contributed by atoms with Gasteiger partial charge in [-0.15, -0.1) is 0 Å². The summed E-state index contributed by atoms with van der Waals surface area (Å²) in [5.41, 5.74) is 0.698. The molecule has 2 nitrogen and oxygen atoms in total. The highest BCUT2D eigenvalue weighted by Gasteiger charge is 2.31. The molecule has 2 rings (SSSR count). The fourth-order valence-corrected chi connectivity index (χ4v) is 2.93. The maximum atomic E-state index is 13.3. The summed E-state index contributed by atoms with van der Waals surface area (Å²) in [4.78, 5) is 0. The van der Waals surface area contributed by atoms with E-state index in [1.54, 1.807) is 0 Å². The van der Waals surface area contributed by atoms with Crippen LogP contribution >= 0.6 is 0 Å². The van der Waals surface area contributed by atoms with Gasteiger partial charge in [-0.25, -0.2) is 8.78 Å². The van der Waals surface area contributed by atoms with Crippen LogP contribution in [0.25, 0.3) is 0 Å². The quantitative estimate of drug-likeness (QED) is 0.821. The normalized spacial score (nSPS) is 23.4. The van der Waals surface area contributed by atoms with Gasteiger partial charge in [0.05, 0.1) is 6.10 Å². The first-order chi connectivity index (χ1) is 9.62. The second-order valence-corrected chi connectivity index (χ2v) is 5.46. The van der Waals surface area contributed by atoms with E-state index in [9.17, 15) is 8.78 Å². The lowest BCUT2D eigenvalue weighted by Gasteiger charge is -2.37. The van der Waals surface area contributed by atoms with Crippen molar-refractivity contribution in [1.82, 2.24) is 5.32 Å². The molecule has 1 aliphatic carbocycles. The Labute approximate surface area is 119 Å². The van der Waals surface area contributed by atoms with Gasteiger partial charge in [0.15, 0.2) is 0 Å². The van der Waals surface area contributed by atoms with Gasteiger partial charge in [0.2, 0.25) is 0 Å². The van der Waals surface area contributed by atoms with Crippen LogP contribution in [0.15, 0.2) is 18.2 Å². The van der Waals surface area contributed by atoms with Crippen molar-refractivity contribution in [2.24, 2.45) is 5.92 Å². The Balaban J connectivity index is 1.97. The van der Waals surface area contributed by atoms with Gasteiger partial charge in [-0.2, -0.15) is 0 Å². The Hall–Kier alpha value is -1.00. The van der Waals surface area contributed by atoms with Gasteiger partial charge >= 0.3 is 0 Å². The van der Waals surface area contributed by atoms with Crippen molar-refractivity contribution in [2.45, 2.75) is 45.3 Å². The van der Waals surface area contributed by atoms with Gasteiger partial charge in [0.25, 0.3) is 0 Å². The van der Waals surface area contributed by atoms with Crippen molar-refractivity contribution in [2.75, 3.05) is 13.2 Å². The first-order valence-electron chi connectivity index (χ1n) is 7.43. The summed E-state index contributed by atoms with van der Waals surface area (Å²) in [6, 6.07) is 3.78. The Morgan fingerprint density at radius 2 is 1.85 bits per heavy atom. The molecule has 112 valence electrons. The second-order valence-electron chi connectivity index (χ2n) is 5.46. The summed E-state index contributed by atoms with van der Waals surface area (Å²) in [5, 5.41) is 3.33. The highest BCUT2D eigenvalue weighted by atomic mass is 19.1. The zero-order chi connectivity index (χ0) is 14.5. The molecule has 1 aliphatic rings. The fourth-order valence-electron chi connectivity index (χ4n) is 2.93. The molecular weight excluding hydrogens is 260 g/mol. The van der Waals surface area contributed by atoms with Crippen LogP contribution in [0, 0.1) is 17.6 Å². The predicted octanol–water partition coefficient (Wildman–Crippen LogP) is 3.82. The highest BCUT2D eigenvalue weighted by molar-refractivity contribution is 5.21. The summed E-state index contributed by atoms with van der Waals surface area (Å²) < 4.78 is 32.2. The first kappa shape index (κ1) is 15.4. The predicted molar refractivity (Wildman–Crippen MR) is 75.5 cm³/mol. The van der Waals surface area contributed by atoms with E-state index in [4.69, 9.17) is 4.74 Å². The van der Waals surface area contributed by atoms with Gasteiger partial charge in [-0.1, -0.05) is 6.92 Å². The summed E-state index contributed by atoms with van der Waals surface area (Å²) in [5.74, 6) is -0.450. The summed E-state index contributed by atoms with van der Waals surface area (Å²) >= 11 is 0. The molecule has 0 aliphatic heterocycles. The number of nitrogens with one attached hydrogen (secondary N) is 1. The van der Waals surface area contributed by atoms with E-state index < -0.39 is 11.6 Å². The highest BCUT2D eigenvalue weighted by Crippen LogP contribution is 2.37. The molecule has 1 N–H and O–H groups in total. The molecule has 0 aromatic heterocycles. The van der Waals surface area contributed by atoms with Crippen LogP contribution < -0.4 is 5.32 Å². The zero-order valence-electron chi connectivity index (χ0n) is 12.2. The molecule has 4 heteroatoms. The number of hydrogen-bond donors (Lipinski definition) is 1. The lowest BCUT2D eigenvalue weighted by atomic mass is 9.77. The van der Waals surface area contributed by atoms with Crippen molar-refractivity contribution in [1.29, 1.82) is 0 Å². The van der Waals surface area contributed by atoms with Crippen LogP contribution in [0.4, 0.5) is 8.78 Å². The largest absolute Gasteiger partial charge is 0.378 e. The fraction of sp³-hybridized carbons (Fsp3) is 0.625. The Morgan fingerprint density at radius 1 is 1.20 bits per heavy atom. The summed E-state index contributed by atoms with van der Waals surface area (Å²) in [7, 11) is 0. The number of hydrogen-bond acceptors (Lipinski definition) is 2. The van der Waals surface area contributed by atoms with Crippen molar-refractivity contribution in [3.63, 3.8) is 0 Å². The average Bonchev–Trinajstić information content (AvgIpc) is 2.34. The number of benzene rings is 1. The smallest absolute Gasteiger partial charge is 0.126 e. The maximum Gasteiger partial charge on any atom is 0.126 e. The molecule has 1 aromatic rings. The van der Waals surface area contributed by atoms with Crippen LogP contribution in [-0.4, -0.2) is 19.3 Å². The first-order valence-corrected chi connectivity index (χ1v) is 7.43. The molecule has 0 heterocycles. The molecule has 0 amide bonds. The van der Waals surface area contributed by atoms with Crippen LogP contribution in [-0.2, 0) is 4.74 Å². The molecule has 1 saturated carbocycles. The molecular formula is C16H23F2NO. The number of halogens is 2. The zero-order valence-corrected chi connectivity index (χ0v) is 12.2. The molecule has 20 heavy (non-hydrogen) atoms. The third-order valence-electron chi connectivity index (χ3n) is 3.90. The molecule has 0 bridgehead atoms. The van der Waals surface area contributed by atoms with E-state index in [2.05, 4.69) is 5.32 Å². The second kappa shape index (κ2) is 7.14. The lowest BCUT2D eigenvalue weighted by molar-refractivity contribution is -0.0291. The molecule has 0 spiro atoms. The third-order valence-corrected chi connectivity index (χ3v) is 3.90. The van der Waals surface area contributed by atoms with Crippen LogP contribution in [0.3, 0.4) is 0 Å². The minimum atomic E-state index is -0.510. The molecule has 1 atom stereocenters. The van der Waals surface area contributed by atoms with E-state index >= 15 is 0 Å². The van der Waals surface area contributed by atoms with Crippen LogP contribution in [0.5, 0.6) is 0 Å². The third kappa shape index (κ3) is 4.00. The Bertz CT molecular complexity index is 412. The minimum Gasteiger partial charge on any atom is -0.378 e. The van der Waals surface area contributed by atoms with Gasteiger partial charge in [0, 0.05) is 18.7 Å². The van der Waals surface area contributed by atoms with Crippen LogP contribution in [0.1, 0.15) is 44.7 Å². The van der Waals surface area contributed by atoms with Crippen molar-refractivity contribution >= 4 is 0 Å². The Morgan fingerprint density at radius 3 is 2.40 bits per heavy atom. The molecule has 0 radical (unpaired) electrons. The monoisotopic (exact) mass is 283 g/mol. The SMILES string of the molecule is CCNC(CC1CC(OCC)C1)c1cc(F)cc(F)c1. The minimum absolute atomic E-state index is 0.0118. The van der Waals surface area contributed by atoms with Gasteiger partial charge in [-0.05, 0) is 56.3 Å². The van der Waals surface area contributed by atoms with E-state index in [1.165, 1.54) is 12.1 Å². The molecule has 0 saturated heterocycles.